The molecule has 0 fully saturated rings. The lowest BCUT2D eigenvalue weighted by atomic mass is 10.1. The fraction of sp³-hybridized carbons (Fsp3) is 0.150. The van der Waals surface area contributed by atoms with Gasteiger partial charge in [0, 0.05) is 13.0 Å². The second kappa shape index (κ2) is 8.34. The van der Waals surface area contributed by atoms with Gasteiger partial charge in [0.05, 0.1) is 29.3 Å². The molecule has 0 aliphatic rings. The molecule has 0 bridgehead atoms. The van der Waals surface area contributed by atoms with Gasteiger partial charge < -0.3 is 15.8 Å². The summed E-state index contributed by atoms with van der Waals surface area (Å²) in [6, 6.07) is 9.38. The number of benzene rings is 2. The van der Waals surface area contributed by atoms with Crippen LogP contribution in [0.1, 0.15) is 28.0 Å². The van der Waals surface area contributed by atoms with Crippen molar-refractivity contribution in [2.45, 2.75) is 6.42 Å². The Labute approximate surface area is 160 Å². The summed E-state index contributed by atoms with van der Waals surface area (Å²) < 4.78 is 18.5. The Morgan fingerprint density at radius 1 is 1.21 bits per heavy atom. The molecule has 2 amide bonds. The van der Waals surface area contributed by atoms with E-state index in [0.717, 1.165) is 5.56 Å². The number of methoxy groups -OCH3 is 1. The smallest absolute Gasteiger partial charge is 0.255 e. The molecule has 28 heavy (non-hydrogen) atoms. The summed E-state index contributed by atoms with van der Waals surface area (Å²) in [6.45, 7) is 0.137. The quantitative estimate of drug-likeness (QED) is 0.583. The van der Waals surface area contributed by atoms with Gasteiger partial charge in [-0.05, 0) is 35.9 Å². The van der Waals surface area contributed by atoms with Gasteiger partial charge in [-0.3, -0.25) is 14.7 Å². The van der Waals surface area contributed by atoms with Gasteiger partial charge in [-0.15, -0.1) is 0 Å². The lowest BCUT2D eigenvalue weighted by Gasteiger charge is -2.10. The predicted molar refractivity (Wildman–Crippen MR) is 104 cm³/mol. The van der Waals surface area contributed by atoms with Crippen molar-refractivity contribution in [3.8, 4) is 5.75 Å². The van der Waals surface area contributed by atoms with E-state index in [2.05, 4.69) is 15.5 Å². The van der Waals surface area contributed by atoms with E-state index in [1.165, 1.54) is 19.2 Å². The number of carbonyl (C=O) groups excluding carboxylic acids is 2. The largest absolute Gasteiger partial charge is 0.495 e. The molecule has 0 aliphatic heterocycles. The topological polar surface area (TPSA) is 110 Å². The third kappa shape index (κ3) is 4.17. The van der Waals surface area contributed by atoms with E-state index in [1.807, 2.05) is 0 Å². The fourth-order valence-electron chi connectivity index (χ4n) is 2.76. The Kier molecular flexibility index (Phi) is 5.69. The molecule has 0 radical (unpaired) electrons. The maximum atomic E-state index is 13.0. The molecular formula is C20H19FN4O3. The van der Waals surface area contributed by atoms with Crippen molar-refractivity contribution in [2.75, 3.05) is 13.7 Å². The van der Waals surface area contributed by atoms with E-state index in [4.69, 9.17) is 10.5 Å². The number of nitrogens with two attached hydrogens (primary N) is 1. The number of H-pyrrole nitrogens is 1. The number of halogens is 1. The van der Waals surface area contributed by atoms with Crippen LogP contribution in [0.4, 0.5) is 4.39 Å². The van der Waals surface area contributed by atoms with Crippen molar-refractivity contribution < 1.29 is 18.7 Å². The van der Waals surface area contributed by atoms with Gasteiger partial charge in [-0.25, -0.2) is 4.39 Å². The summed E-state index contributed by atoms with van der Waals surface area (Å²) in [6.07, 6.45) is 3.59. The molecule has 0 unspecified atom stereocenters. The van der Waals surface area contributed by atoms with Crippen molar-refractivity contribution in [2.24, 2.45) is 5.73 Å². The molecule has 1 aromatic heterocycles. The van der Waals surface area contributed by atoms with E-state index in [-0.39, 0.29) is 24.7 Å². The molecule has 7 nitrogen and oxygen atoms in total. The fourth-order valence-corrected chi connectivity index (χ4v) is 2.76. The Morgan fingerprint density at radius 3 is 2.64 bits per heavy atom. The van der Waals surface area contributed by atoms with Crippen LogP contribution in [0.3, 0.4) is 0 Å². The first-order valence-electron chi connectivity index (χ1n) is 8.55. The normalized spacial score (nSPS) is 11.1. The highest BCUT2D eigenvalue weighted by molar-refractivity contribution is 6.05. The average molecular weight is 382 g/mol. The zero-order valence-electron chi connectivity index (χ0n) is 15.2. The average Bonchev–Trinajstić information content (AvgIpc) is 3.09. The summed E-state index contributed by atoms with van der Waals surface area (Å²) >= 11 is 0. The molecular weight excluding hydrogens is 363 g/mol. The molecule has 3 aromatic rings. The Bertz CT molecular complexity index is 1040. The number of fused-ring (bicyclic) bond motifs is 1. The van der Waals surface area contributed by atoms with Crippen LogP contribution in [0.5, 0.6) is 5.75 Å². The minimum absolute atomic E-state index is 0.0493. The van der Waals surface area contributed by atoms with Crippen molar-refractivity contribution in [1.82, 2.24) is 15.5 Å². The molecule has 0 aliphatic carbocycles. The van der Waals surface area contributed by atoms with Gasteiger partial charge in [0.25, 0.3) is 5.91 Å². The number of amides is 2. The number of hydrogen-bond acceptors (Lipinski definition) is 4. The van der Waals surface area contributed by atoms with Gasteiger partial charge >= 0.3 is 0 Å². The lowest BCUT2D eigenvalue weighted by Crippen LogP contribution is -2.28. The van der Waals surface area contributed by atoms with Crippen LogP contribution in [0.2, 0.25) is 0 Å². The van der Waals surface area contributed by atoms with E-state index < -0.39 is 5.91 Å². The first-order chi connectivity index (χ1) is 13.5. The molecule has 0 atom stereocenters. The monoisotopic (exact) mass is 382 g/mol. The first kappa shape index (κ1) is 19.1. The van der Waals surface area contributed by atoms with Gasteiger partial charge in [0.2, 0.25) is 5.91 Å². The van der Waals surface area contributed by atoms with E-state index in [9.17, 15) is 14.0 Å². The van der Waals surface area contributed by atoms with E-state index >= 15 is 0 Å². The number of aromatic nitrogens is 2. The summed E-state index contributed by atoms with van der Waals surface area (Å²) in [5.74, 6) is -0.821. The number of aromatic amines is 1. The number of carbonyl (C=O) groups is 2. The molecule has 3 rings (SSSR count). The Hall–Kier alpha value is -3.68. The SMILES string of the molecule is COc1c(C(=O)NCCC(N)=O)ccc2[nH]nc(C=Cc3ccc(F)cc3)c12. The molecule has 0 spiro atoms. The zero-order valence-corrected chi connectivity index (χ0v) is 15.2. The van der Waals surface area contributed by atoms with Gasteiger partial charge in [-0.1, -0.05) is 18.2 Å². The van der Waals surface area contributed by atoms with Crippen molar-refractivity contribution >= 4 is 34.9 Å². The van der Waals surface area contributed by atoms with Crippen LogP contribution < -0.4 is 15.8 Å². The zero-order chi connectivity index (χ0) is 20.1. The van der Waals surface area contributed by atoms with Crippen LogP contribution >= 0.6 is 0 Å². The van der Waals surface area contributed by atoms with Crippen LogP contribution in [-0.2, 0) is 4.79 Å². The first-order valence-corrected chi connectivity index (χ1v) is 8.55. The number of nitrogens with one attached hydrogen (secondary N) is 2. The molecule has 4 N–H and O–H groups in total. The summed E-state index contributed by atoms with van der Waals surface area (Å²) in [4.78, 5) is 23.3. The molecule has 8 heteroatoms. The minimum Gasteiger partial charge on any atom is -0.495 e. The van der Waals surface area contributed by atoms with Crippen LogP contribution in [0.25, 0.3) is 23.1 Å². The number of hydrogen-bond donors (Lipinski definition) is 3. The number of nitrogens with zero attached hydrogens (tertiary/aromatic N) is 1. The maximum absolute atomic E-state index is 13.0. The summed E-state index contributed by atoms with van der Waals surface area (Å²) in [7, 11) is 1.47. The molecule has 144 valence electrons. The van der Waals surface area contributed by atoms with E-state index in [0.29, 0.717) is 27.9 Å². The molecule has 0 saturated carbocycles. The minimum atomic E-state index is -0.495. The van der Waals surface area contributed by atoms with Gasteiger partial charge in [0.1, 0.15) is 11.6 Å². The predicted octanol–water partition coefficient (Wildman–Crippen LogP) is 2.49. The molecule has 0 saturated heterocycles. The number of primary amides is 1. The lowest BCUT2D eigenvalue weighted by molar-refractivity contribution is -0.117. The third-order valence-corrected chi connectivity index (χ3v) is 4.12. The van der Waals surface area contributed by atoms with Gasteiger partial charge in [0.15, 0.2) is 0 Å². The van der Waals surface area contributed by atoms with Crippen molar-refractivity contribution in [1.29, 1.82) is 0 Å². The Morgan fingerprint density at radius 2 is 1.96 bits per heavy atom. The van der Waals surface area contributed by atoms with Crippen LogP contribution in [0.15, 0.2) is 36.4 Å². The third-order valence-electron chi connectivity index (χ3n) is 4.12. The summed E-state index contributed by atoms with van der Waals surface area (Å²) in [5.41, 5.74) is 7.48. The van der Waals surface area contributed by atoms with Crippen molar-refractivity contribution in [3.05, 3.63) is 59.0 Å². The van der Waals surface area contributed by atoms with Crippen LogP contribution in [-0.4, -0.2) is 35.7 Å². The summed E-state index contributed by atoms with van der Waals surface area (Å²) in [5, 5.41) is 10.4. The maximum Gasteiger partial charge on any atom is 0.255 e. The molecule has 1 heterocycles. The second-order valence-electron chi connectivity index (χ2n) is 6.03. The van der Waals surface area contributed by atoms with E-state index in [1.54, 1.807) is 36.4 Å². The highest BCUT2D eigenvalue weighted by Crippen LogP contribution is 2.32. The van der Waals surface area contributed by atoms with Gasteiger partial charge in [-0.2, -0.15) is 5.10 Å². The second-order valence-corrected chi connectivity index (χ2v) is 6.03. The standard InChI is InChI=1S/C20H19FN4O3/c1-28-19-14(20(27)23-11-10-17(22)26)7-9-16-18(19)15(24-25-16)8-4-12-2-5-13(21)6-3-12/h2-9H,10-11H2,1H3,(H2,22,26)(H,23,27)(H,24,25). The number of ether oxygens (including phenoxy) is 1. The Balaban J connectivity index is 1.93. The van der Waals surface area contributed by atoms with Crippen molar-refractivity contribution in [3.63, 3.8) is 0 Å². The highest BCUT2D eigenvalue weighted by Gasteiger charge is 2.18. The number of rotatable bonds is 7. The molecule has 2 aromatic carbocycles. The highest BCUT2D eigenvalue weighted by atomic mass is 19.1. The van der Waals surface area contributed by atoms with Crippen LogP contribution in [0, 0.1) is 5.82 Å².